The summed E-state index contributed by atoms with van der Waals surface area (Å²) in [4.78, 5) is 12.2. The summed E-state index contributed by atoms with van der Waals surface area (Å²) in [5.41, 5.74) is 5.24. The Bertz CT molecular complexity index is 296. The van der Waals surface area contributed by atoms with Crippen LogP contribution in [0, 0.1) is 5.92 Å². The van der Waals surface area contributed by atoms with Crippen LogP contribution in [0.4, 0.5) is 0 Å². The van der Waals surface area contributed by atoms with Crippen LogP contribution in [-0.2, 0) is 9.53 Å². The van der Waals surface area contributed by atoms with Crippen molar-refractivity contribution in [3.05, 3.63) is 0 Å². The highest BCUT2D eigenvalue weighted by molar-refractivity contribution is 7.80. The molecule has 0 aromatic heterocycles. The van der Waals surface area contributed by atoms with E-state index < -0.39 is 0 Å². The summed E-state index contributed by atoms with van der Waals surface area (Å²) < 4.78 is 5.46. The van der Waals surface area contributed by atoms with Crippen LogP contribution in [0.25, 0.3) is 0 Å². The molecule has 16 heavy (non-hydrogen) atoms. The van der Waals surface area contributed by atoms with Gasteiger partial charge >= 0.3 is 0 Å². The van der Waals surface area contributed by atoms with Crippen molar-refractivity contribution in [1.82, 2.24) is 5.32 Å². The molecule has 3 unspecified atom stereocenters. The average molecular weight is 244 g/mol. The van der Waals surface area contributed by atoms with Gasteiger partial charge in [-0.1, -0.05) is 19.1 Å². The van der Waals surface area contributed by atoms with Gasteiger partial charge in [-0.3, -0.25) is 4.79 Å². The molecule has 0 aromatic carbocycles. The maximum absolute atomic E-state index is 12.0. The number of nitrogens with two attached hydrogens (primary N) is 1. The van der Waals surface area contributed by atoms with Crippen molar-refractivity contribution >= 4 is 23.1 Å². The number of hydrogen-bond acceptors (Lipinski definition) is 3. The maximum atomic E-state index is 12.0. The molecule has 1 heterocycles. The molecular weight excluding hydrogens is 224 g/mol. The number of ether oxygens (including phenoxy) is 1. The third-order valence-corrected chi connectivity index (χ3v) is 3.65. The second-order valence-corrected chi connectivity index (χ2v) is 5.00. The Kier molecular flexibility index (Phi) is 4.27. The predicted octanol–water partition coefficient (Wildman–Crippen LogP) is 0.982. The van der Waals surface area contributed by atoms with Crippen LogP contribution in [0.2, 0.25) is 0 Å². The van der Waals surface area contributed by atoms with Crippen LogP contribution in [0.5, 0.6) is 0 Å². The quantitative estimate of drug-likeness (QED) is 0.724. The number of rotatable bonds is 4. The molecule has 3 atom stereocenters. The van der Waals surface area contributed by atoms with Crippen molar-refractivity contribution in [1.29, 1.82) is 0 Å². The first-order valence-corrected chi connectivity index (χ1v) is 6.04. The van der Waals surface area contributed by atoms with E-state index in [1.54, 1.807) is 0 Å². The normalized spacial score (nSPS) is 31.1. The molecule has 1 aliphatic rings. The van der Waals surface area contributed by atoms with Gasteiger partial charge in [-0.15, -0.1) is 0 Å². The lowest BCUT2D eigenvalue weighted by Crippen LogP contribution is -2.53. The predicted molar refractivity (Wildman–Crippen MR) is 67.1 cm³/mol. The van der Waals surface area contributed by atoms with Crippen LogP contribution in [0.15, 0.2) is 0 Å². The summed E-state index contributed by atoms with van der Waals surface area (Å²) in [7, 11) is 0. The zero-order valence-electron chi connectivity index (χ0n) is 10.1. The molecule has 0 radical (unpaired) electrons. The molecule has 1 saturated heterocycles. The summed E-state index contributed by atoms with van der Waals surface area (Å²) in [6, 6.07) is 0. The summed E-state index contributed by atoms with van der Waals surface area (Å²) in [6.45, 7) is 6.55. The van der Waals surface area contributed by atoms with E-state index in [2.05, 4.69) is 5.32 Å². The molecule has 92 valence electrons. The molecular formula is C11H20N2O2S. The van der Waals surface area contributed by atoms with Gasteiger partial charge in [0.05, 0.1) is 22.5 Å². The van der Waals surface area contributed by atoms with Gasteiger partial charge in [-0.25, -0.2) is 0 Å². The van der Waals surface area contributed by atoms with Gasteiger partial charge in [-0.05, 0) is 26.7 Å². The van der Waals surface area contributed by atoms with Crippen molar-refractivity contribution < 1.29 is 9.53 Å². The van der Waals surface area contributed by atoms with Gasteiger partial charge < -0.3 is 15.8 Å². The van der Waals surface area contributed by atoms with Crippen LogP contribution >= 0.6 is 12.2 Å². The minimum absolute atomic E-state index is 0.0281. The van der Waals surface area contributed by atoms with Gasteiger partial charge in [0.1, 0.15) is 0 Å². The van der Waals surface area contributed by atoms with Crippen LogP contribution in [-0.4, -0.2) is 29.1 Å². The first-order chi connectivity index (χ1) is 7.40. The topological polar surface area (TPSA) is 64.3 Å². The number of nitrogens with one attached hydrogen (secondary N) is 1. The molecule has 4 nitrogen and oxygen atoms in total. The first-order valence-electron chi connectivity index (χ1n) is 5.63. The van der Waals surface area contributed by atoms with Gasteiger partial charge in [0.15, 0.2) is 0 Å². The van der Waals surface area contributed by atoms with E-state index in [-0.39, 0.29) is 28.5 Å². The lowest BCUT2D eigenvalue weighted by atomic mass is 9.93. The average Bonchev–Trinajstić information content (AvgIpc) is 2.47. The minimum atomic E-state index is -0.375. The summed E-state index contributed by atoms with van der Waals surface area (Å²) in [5, 5.41) is 3.01. The Hall–Kier alpha value is -0.680. The smallest absolute Gasteiger partial charge is 0.230 e. The van der Waals surface area contributed by atoms with Crippen LogP contribution < -0.4 is 11.1 Å². The largest absolute Gasteiger partial charge is 0.393 e. The van der Waals surface area contributed by atoms with Crippen molar-refractivity contribution in [2.75, 3.05) is 6.61 Å². The SMILES string of the molecule is CCC(C(=O)NC1(C)CCOC1C)C(N)=S. The van der Waals surface area contributed by atoms with Gasteiger partial charge in [0.25, 0.3) is 0 Å². The number of amides is 1. The Morgan fingerprint density at radius 2 is 2.38 bits per heavy atom. The van der Waals surface area contributed by atoms with Gasteiger partial charge in [0.2, 0.25) is 5.91 Å². The van der Waals surface area contributed by atoms with Crippen molar-refractivity contribution in [3.63, 3.8) is 0 Å². The molecule has 3 N–H and O–H groups in total. The Balaban J connectivity index is 2.66. The van der Waals surface area contributed by atoms with Crippen molar-refractivity contribution in [3.8, 4) is 0 Å². The minimum Gasteiger partial charge on any atom is -0.393 e. The molecule has 0 aliphatic carbocycles. The fourth-order valence-electron chi connectivity index (χ4n) is 1.88. The monoisotopic (exact) mass is 244 g/mol. The van der Waals surface area contributed by atoms with E-state index in [4.69, 9.17) is 22.7 Å². The summed E-state index contributed by atoms with van der Waals surface area (Å²) in [5.74, 6) is -0.463. The highest BCUT2D eigenvalue weighted by Crippen LogP contribution is 2.25. The third kappa shape index (κ3) is 2.71. The van der Waals surface area contributed by atoms with Crippen LogP contribution in [0.3, 0.4) is 0 Å². The third-order valence-electron chi connectivity index (χ3n) is 3.36. The van der Waals surface area contributed by atoms with Crippen molar-refractivity contribution in [2.45, 2.75) is 45.3 Å². The van der Waals surface area contributed by atoms with Gasteiger partial charge in [-0.2, -0.15) is 0 Å². The molecule has 0 saturated carbocycles. The van der Waals surface area contributed by atoms with Gasteiger partial charge in [0, 0.05) is 6.61 Å². The molecule has 0 spiro atoms. The maximum Gasteiger partial charge on any atom is 0.230 e. The van der Waals surface area contributed by atoms with E-state index in [0.29, 0.717) is 13.0 Å². The zero-order valence-corrected chi connectivity index (χ0v) is 10.9. The Morgan fingerprint density at radius 3 is 2.75 bits per heavy atom. The molecule has 5 heteroatoms. The number of carbonyl (C=O) groups excluding carboxylic acids is 1. The lowest BCUT2D eigenvalue weighted by Gasteiger charge is -2.30. The first kappa shape index (κ1) is 13.4. The van der Waals surface area contributed by atoms with E-state index in [1.165, 1.54) is 0 Å². The highest BCUT2D eigenvalue weighted by Gasteiger charge is 2.39. The highest BCUT2D eigenvalue weighted by atomic mass is 32.1. The number of carbonyl (C=O) groups is 1. The summed E-state index contributed by atoms with van der Waals surface area (Å²) >= 11 is 4.88. The van der Waals surface area contributed by atoms with Crippen LogP contribution in [0.1, 0.15) is 33.6 Å². The van der Waals surface area contributed by atoms with E-state index in [0.717, 1.165) is 6.42 Å². The standard InChI is InChI=1S/C11H20N2O2S/c1-4-8(9(12)16)10(14)13-11(3)5-6-15-7(11)2/h7-8H,4-6H2,1-3H3,(H2,12,16)(H,13,14). The molecule has 1 amide bonds. The fraction of sp³-hybridized carbons (Fsp3) is 0.818. The van der Waals surface area contributed by atoms with E-state index >= 15 is 0 Å². The zero-order chi connectivity index (χ0) is 12.3. The lowest BCUT2D eigenvalue weighted by molar-refractivity contribution is -0.125. The molecule has 0 aromatic rings. The number of thiocarbonyl (C=S) groups is 1. The van der Waals surface area contributed by atoms with E-state index in [9.17, 15) is 4.79 Å². The molecule has 0 bridgehead atoms. The number of hydrogen-bond donors (Lipinski definition) is 2. The van der Waals surface area contributed by atoms with E-state index in [1.807, 2.05) is 20.8 Å². The Labute approximate surface area is 102 Å². The summed E-state index contributed by atoms with van der Waals surface area (Å²) in [6.07, 6.45) is 1.49. The molecule has 1 rings (SSSR count). The fourth-order valence-corrected chi connectivity index (χ4v) is 2.16. The second-order valence-electron chi connectivity index (χ2n) is 4.53. The molecule has 1 fully saturated rings. The Morgan fingerprint density at radius 1 is 1.75 bits per heavy atom. The molecule has 1 aliphatic heterocycles. The second kappa shape index (κ2) is 5.10. The van der Waals surface area contributed by atoms with Crippen molar-refractivity contribution in [2.24, 2.45) is 11.7 Å².